The molecular weight excluding hydrogens is 364 g/mol. The van der Waals surface area contributed by atoms with Crippen molar-refractivity contribution in [3.8, 4) is 11.1 Å². The Bertz CT molecular complexity index is 941. The summed E-state index contributed by atoms with van der Waals surface area (Å²) < 4.78 is 5.60. The Morgan fingerprint density at radius 1 is 1.26 bits per heavy atom. The molecule has 2 heterocycles. The van der Waals surface area contributed by atoms with Crippen LogP contribution in [-0.2, 0) is 16.1 Å². The fraction of sp³-hybridized carbons (Fsp3) is 0.238. The molecule has 1 atom stereocenters. The van der Waals surface area contributed by atoms with Crippen LogP contribution in [0.15, 0.2) is 49.1 Å². The summed E-state index contributed by atoms with van der Waals surface area (Å²) in [7, 11) is 0. The predicted molar refractivity (Wildman–Crippen MR) is 104 cm³/mol. The summed E-state index contributed by atoms with van der Waals surface area (Å²) in [6, 6.07) is 11.3. The van der Waals surface area contributed by atoms with E-state index in [0.717, 1.165) is 22.3 Å². The van der Waals surface area contributed by atoms with Gasteiger partial charge in [-0.3, -0.25) is 9.59 Å². The lowest BCUT2D eigenvalue weighted by atomic mass is 9.96. The monoisotopic (exact) mass is 382 g/mol. The second kappa shape index (κ2) is 7.18. The van der Waals surface area contributed by atoms with E-state index in [9.17, 15) is 9.59 Å². The number of hydrogen-bond acceptors (Lipinski definition) is 3. The molecule has 0 saturated carbocycles. The van der Waals surface area contributed by atoms with Crippen molar-refractivity contribution in [2.45, 2.75) is 12.6 Å². The van der Waals surface area contributed by atoms with E-state index in [-0.39, 0.29) is 17.9 Å². The third-order valence-corrected chi connectivity index (χ3v) is 5.24. The summed E-state index contributed by atoms with van der Waals surface area (Å²) in [4.78, 5) is 26.0. The van der Waals surface area contributed by atoms with Crippen LogP contribution in [0, 0.1) is 0 Å². The van der Waals surface area contributed by atoms with Crippen LogP contribution in [0.5, 0.6) is 0 Å². The fourth-order valence-electron chi connectivity index (χ4n) is 3.62. The zero-order chi connectivity index (χ0) is 19.0. The van der Waals surface area contributed by atoms with Crippen LogP contribution in [-0.4, -0.2) is 36.5 Å². The lowest BCUT2D eigenvalue weighted by Crippen LogP contribution is -2.42. The van der Waals surface area contributed by atoms with Crippen LogP contribution in [0.25, 0.3) is 11.1 Å². The molecular formula is C21H19ClN2O3. The normalized spacial score (nSPS) is 18.8. The quantitative estimate of drug-likeness (QED) is 0.828. The van der Waals surface area contributed by atoms with Crippen LogP contribution in [0.3, 0.4) is 0 Å². The number of rotatable bonds is 3. The van der Waals surface area contributed by atoms with Crippen molar-refractivity contribution in [3.63, 3.8) is 0 Å². The molecule has 0 radical (unpaired) electrons. The lowest BCUT2D eigenvalue weighted by Gasteiger charge is -2.35. The number of hydrogen-bond donors (Lipinski definition) is 1. The average Bonchev–Trinajstić information content (AvgIpc) is 3.07. The maximum absolute atomic E-state index is 12.2. The maximum Gasteiger partial charge on any atom is 0.251 e. The summed E-state index contributed by atoms with van der Waals surface area (Å²) in [6.45, 7) is 5.58. The molecule has 2 aliphatic heterocycles. The second-order valence-electron chi connectivity index (χ2n) is 6.65. The van der Waals surface area contributed by atoms with Crippen LogP contribution in [0.2, 0.25) is 5.02 Å². The predicted octanol–water partition coefficient (Wildman–Crippen LogP) is 3.34. The Labute approximate surface area is 162 Å². The van der Waals surface area contributed by atoms with Gasteiger partial charge in [0.15, 0.2) is 0 Å². The van der Waals surface area contributed by atoms with Crippen LogP contribution < -0.4 is 5.32 Å². The minimum atomic E-state index is -0.223. The zero-order valence-electron chi connectivity index (χ0n) is 14.7. The van der Waals surface area contributed by atoms with Gasteiger partial charge in [0.2, 0.25) is 5.91 Å². The van der Waals surface area contributed by atoms with Gasteiger partial charge in [-0.25, -0.2) is 0 Å². The molecule has 1 N–H and O–H groups in total. The van der Waals surface area contributed by atoms with Gasteiger partial charge in [0, 0.05) is 23.7 Å². The average molecular weight is 383 g/mol. The molecule has 0 aliphatic carbocycles. The van der Waals surface area contributed by atoms with Crippen molar-refractivity contribution < 1.29 is 14.3 Å². The van der Waals surface area contributed by atoms with E-state index in [0.29, 0.717) is 36.9 Å². The minimum absolute atomic E-state index is 0.0578. The summed E-state index contributed by atoms with van der Waals surface area (Å²) in [6.07, 6.45) is 1.32. The first-order valence-electron chi connectivity index (χ1n) is 8.79. The Kier molecular flexibility index (Phi) is 4.72. The zero-order valence-corrected chi connectivity index (χ0v) is 15.5. The molecule has 2 aliphatic rings. The van der Waals surface area contributed by atoms with Gasteiger partial charge >= 0.3 is 0 Å². The summed E-state index contributed by atoms with van der Waals surface area (Å²) >= 11 is 6.38. The number of nitrogens with one attached hydrogen (secondary N) is 1. The first-order valence-corrected chi connectivity index (χ1v) is 9.17. The van der Waals surface area contributed by atoms with Crippen LogP contribution in [0.4, 0.5) is 0 Å². The van der Waals surface area contributed by atoms with Gasteiger partial charge in [-0.1, -0.05) is 30.3 Å². The Morgan fingerprint density at radius 3 is 2.93 bits per heavy atom. The molecule has 0 unspecified atom stereocenters. The van der Waals surface area contributed by atoms with E-state index in [1.807, 2.05) is 36.4 Å². The molecule has 1 saturated heterocycles. The highest BCUT2D eigenvalue weighted by Gasteiger charge is 2.28. The van der Waals surface area contributed by atoms with E-state index >= 15 is 0 Å². The van der Waals surface area contributed by atoms with Crippen molar-refractivity contribution in [2.75, 3.05) is 19.8 Å². The lowest BCUT2D eigenvalue weighted by molar-refractivity contribution is -0.134. The smallest absolute Gasteiger partial charge is 0.251 e. The molecule has 2 aromatic rings. The summed E-state index contributed by atoms with van der Waals surface area (Å²) in [5.41, 5.74) is 4.40. The Hall–Kier alpha value is -2.63. The molecule has 6 heteroatoms. The topological polar surface area (TPSA) is 58.6 Å². The molecule has 0 bridgehead atoms. The molecule has 1 fully saturated rings. The number of carbonyl (C=O) groups is 2. The van der Waals surface area contributed by atoms with Gasteiger partial charge in [0.1, 0.15) is 0 Å². The molecule has 2 aromatic carbocycles. The number of morpholine rings is 1. The largest absolute Gasteiger partial charge is 0.377 e. The summed E-state index contributed by atoms with van der Waals surface area (Å²) in [5, 5.41) is 3.40. The standard InChI is InChI=1S/C21H19ClN2O3/c1-2-20(25)24-5-6-27-12-19(24)16-7-15(8-17(22)9-16)13-3-4-14-11-23-21(26)18(14)10-13/h2-4,7-10,19H,1,5-6,11-12H2,(H,23,26)/t19-/m0/s1. The highest BCUT2D eigenvalue weighted by Crippen LogP contribution is 2.33. The second-order valence-corrected chi connectivity index (χ2v) is 7.09. The first-order chi connectivity index (χ1) is 13.1. The number of amides is 2. The molecule has 138 valence electrons. The van der Waals surface area contributed by atoms with Gasteiger partial charge in [0.05, 0.1) is 19.3 Å². The van der Waals surface area contributed by atoms with Crippen molar-refractivity contribution in [1.82, 2.24) is 10.2 Å². The molecule has 0 spiro atoms. The number of fused-ring (bicyclic) bond motifs is 1. The van der Waals surface area contributed by atoms with E-state index < -0.39 is 0 Å². The summed E-state index contributed by atoms with van der Waals surface area (Å²) in [5.74, 6) is -0.184. The third-order valence-electron chi connectivity index (χ3n) is 5.02. The number of benzene rings is 2. The van der Waals surface area contributed by atoms with E-state index in [1.54, 1.807) is 4.90 Å². The number of carbonyl (C=O) groups excluding carboxylic acids is 2. The van der Waals surface area contributed by atoms with E-state index in [1.165, 1.54) is 6.08 Å². The van der Waals surface area contributed by atoms with Crippen molar-refractivity contribution in [1.29, 1.82) is 0 Å². The molecule has 2 amide bonds. The first kappa shape index (κ1) is 17.8. The number of ether oxygens (including phenoxy) is 1. The highest BCUT2D eigenvalue weighted by molar-refractivity contribution is 6.31. The van der Waals surface area contributed by atoms with Crippen molar-refractivity contribution in [3.05, 3.63) is 70.8 Å². The van der Waals surface area contributed by atoms with Gasteiger partial charge in [-0.05, 0) is 52.6 Å². The molecule has 4 rings (SSSR count). The van der Waals surface area contributed by atoms with Crippen LogP contribution >= 0.6 is 11.6 Å². The molecule has 27 heavy (non-hydrogen) atoms. The SMILES string of the molecule is C=CC(=O)N1CCOC[C@H]1c1cc(Cl)cc(-c2ccc3c(c2)C(=O)NC3)c1. The van der Waals surface area contributed by atoms with Crippen molar-refractivity contribution in [2.24, 2.45) is 0 Å². The molecule has 5 nitrogen and oxygen atoms in total. The van der Waals surface area contributed by atoms with Gasteiger partial charge in [-0.15, -0.1) is 0 Å². The van der Waals surface area contributed by atoms with Crippen molar-refractivity contribution >= 4 is 23.4 Å². The number of nitrogens with zero attached hydrogens (tertiary/aromatic N) is 1. The van der Waals surface area contributed by atoms with Gasteiger partial charge in [0.25, 0.3) is 5.91 Å². The number of halogens is 1. The third kappa shape index (κ3) is 3.36. The van der Waals surface area contributed by atoms with E-state index in [2.05, 4.69) is 11.9 Å². The van der Waals surface area contributed by atoms with Crippen LogP contribution in [0.1, 0.15) is 27.5 Å². The minimum Gasteiger partial charge on any atom is -0.377 e. The highest BCUT2D eigenvalue weighted by atomic mass is 35.5. The fourth-order valence-corrected chi connectivity index (χ4v) is 3.87. The maximum atomic E-state index is 12.2. The van der Waals surface area contributed by atoms with Gasteiger partial charge < -0.3 is 15.0 Å². The molecule has 0 aromatic heterocycles. The Balaban J connectivity index is 1.74. The van der Waals surface area contributed by atoms with E-state index in [4.69, 9.17) is 16.3 Å². The van der Waals surface area contributed by atoms with Gasteiger partial charge in [-0.2, -0.15) is 0 Å². The Morgan fingerprint density at radius 2 is 2.11 bits per heavy atom.